The molecule has 0 heterocycles. The van der Waals surface area contributed by atoms with Gasteiger partial charge in [0.2, 0.25) is 0 Å². The molecule has 1 N–H and O–H groups in total. The van der Waals surface area contributed by atoms with Crippen LogP contribution in [0.1, 0.15) is 6.42 Å². The van der Waals surface area contributed by atoms with E-state index in [2.05, 4.69) is 24.3 Å². The van der Waals surface area contributed by atoms with E-state index in [0.29, 0.717) is 6.16 Å². The maximum absolute atomic E-state index is 13.7. The molecule has 23 heavy (non-hydrogen) atoms. The highest BCUT2D eigenvalue weighted by Crippen LogP contribution is 2.42. The van der Waals surface area contributed by atoms with Gasteiger partial charge in [0.15, 0.2) is 0 Å². The van der Waals surface area contributed by atoms with E-state index in [1.54, 1.807) is 0 Å². The zero-order valence-electron chi connectivity index (χ0n) is 14.1. The molecular formula is C19H27N2OP. The Morgan fingerprint density at radius 2 is 1.39 bits per heavy atom. The molecule has 2 aromatic rings. The fourth-order valence-corrected chi connectivity index (χ4v) is 5.22. The molecule has 0 amide bonds. The van der Waals surface area contributed by atoms with Crippen LogP contribution in [-0.2, 0) is 4.57 Å². The second kappa shape index (κ2) is 9.02. The molecule has 3 nitrogen and oxygen atoms in total. The van der Waals surface area contributed by atoms with Gasteiger partial charge in [0.1, 0.15) is 7.14 Å². The first-order chi connectivity index (χ1) is 11.1. The third kappa shape index (κ3) is 5.31. The van der Waals surface area contributed by atoms with Gasteiger partial charge in [-0.3, -0.25) is 0 Å². The van der Waals surface area contributed by atoms with E-state index in [4.69, 9.17) is 0 Å². The first kappa shape index (κ1) is 17.9. The lowest BCUT2D eigenvalue weighted by molar-refractivity contribution is 0.395. The van der Waals surface area contributed by atoms with Crippen molar-refractivity contribution in [3.8, 4) is 0 Å². The monoisotopic (exact) mass is 330 g/mol. The van der Waals surface area contributed by atoms with Gasteiger partial charge in [-0.2, -0.15) is 0 Å². The van der Waals surface area contributed by atoms with Crippen molar-refractivity contribution in [1.29, 1.82) is 0 Å². The molecule has 0 aliphatic carbocycles. The first-order valence-corrected chi connectivity index (χ1v) is 10.1. The van der Waals surface area contributed by atoms with Gasteiger partial charge in [0.25, 0.3) is 0 Å². The summed E-state index contributed by atoms with van der Waals surface area (Å²) in [5, 5.41) is 5.33. The molecular weight excluding hydrogens is 303 g/mol. The summed E-state index contributed by atoms with van der Waals surface area (Å²) in [4.78, 5) is 2.18. The minimum atomic E-state index is -2.56. The van der Waals surface area contributed by atoms with E-state index in [1.165, 1.54) is 0 Å². The standard InChI is InChI=1S/C19H27N2OP/c1-21(2)16-9-14-20-15-17-23(22,18-10-5-3-6-11-18)19-12-7-4-8-13-19/h3-8,10-13,20H,9,14-17H2,1-2H3. The molecule has 0 saturated carbocycles. The molecule has 2 aromatic carbocycles. The average Bonchev–Trinajstić information content (AvgIpc) is 2.59. The van der Waals surface area contributed by atoms with Gasteiger partial charge in [-0.25, -0.2) is 0 Å². The van der Waals surface area contributed by atoms with Gasteiger partial charge >= 0.3 is 0 Å². The second-order valence-electron chi connectivity index (χ2n) is 6.04. The highest BCUT2D eigenvalue weighted by atomic mass is 31.2. The molecule has 0 spiro atoms. The normalized spacial score (nSPS) is 11.8. The number of nitrogens with zero attached hydrogens (tertiary/aromatic N) is 1. The van der Waals surface area contributed by atoms with Gasteiger partial charge in [-0.1, -0.05) is 60.7 Å². The van der Waals surface area contributed by atoms with Gasteiger partial charge in [0, 0.05) is 23.3 Å². The summed E-state index contributed by atoms with van der Waals surface area (Å²) >= 11 is 0. The molecule has 0 radical (unpaired) electrons. The van der Waals surface area contributed by atoms with Crippen LogP contribution in [0.25, 0.3) is 0 Å². The Labute approximate surface area is 140 Å². The van der Waals surface area contributed by atoms with Crippen molar-refractivity contribution in [3.05, 3.63) is 60.7 Å². The summed E-state index contributed by atoms with van der Waals surface area (Å²) in [6.45, 7) is 2.80. The number of hydrogen-bond donors (Lipinski definition) is 1. The van der Waals surface area contributed by atoms with Crippen molar-refractivity contribution in [3.63, 3.8) is 0 Å². The molecule has 0 saturated heterocycles. The summed E-state index contributed by atoms with van der Waals surface area (Å²) in [6.07, 6.45) is 1.76. The average molecular weight is 330 g/mol. The van der Waals surface area contributed by atoms with Crippen molar-refractivity contribution in [2.75, 3.05) is 39.9 Å². The lowest BCUT2D eigenvalue weighted by Gasteiger charge is -2.20. The van der Waals surface area contributed by atoms with Crippen molar-refractivity contribution >= 4 is 17.8 Å². The summed E-state index contributed by atoms with van der Waals surface area (Å²) in [5.74, 6) is 0. The maximum atomic E-state index is 13.7. The fraction of sp³-hybridized carbons (Fsp3) is 0.368. The maximum Gasteiger partial charge on any atom is 0.144 e. The molecule has 0 unspecified atom stereocenters. The summed E-state index contributed by atoms with van der Waals surface area (Å²) in [5.41, 5.74) is 0. The second-order valence-corrected chi connectivity index (χ2v) is 9.00. The van der Waals surface area contributed by atoms with Crippen LogP contribution in [0.2, 0.25) is 0 Å². The SMILES string of the molecule is CN(C)CCCNCCP(=O)(c1ccccc1)c1ccccc1. The van der Waals surface area contributed by atoms with Gasteiger partial charge < -0.3 is 14.8 Å². The molecule has 124 valence electrons. The van der Waals surface area contributed by atoms with Crippen LogP contribution in [0.15, 0.2) is 60.7 Å². The van der Waals surface area contributed by atoms with Gasteiger partial charge in [0.05, 0.1) is 0 Å². The molecule has 0 aliphatic heterocycles. The quantitative estimate of drug-likeness (QED) is 0.566. The van der Waals surface area contributed by atoms with E-state index >= 15 is 0 Å². The van der Waals surface area contributed by atoms with Crippen LogP contribution in [0.4, 0.5) is 0 Å². The summed E-state index contributed by atoms with van der Waals surface area (Å²) in [7, 11) is 1.60. The molecule has 0 aliphatic rings. The fourth-order valence-electron chi connectivity index (χ4n) is 2.63. The van der Waals surface area contributed by atoms with Crippen molar-refractivity contribution in [2.24, 2.45) is 0 Å². The predicted molar refractivity (Wildman–Crippen MR) is 101 cm³/mol. The van der Waals surface area contributed by atoms with E-state index in [1.807, 2.05) is 60.7 Å². The minimum absolute atomic E-state index is 0.656. The van der Waals surface area contributed by atoms with Crippen LogP contribution in [0.5, 0.6) is 0 Å². The Morgan fingerprint density at radius 3 is 1.87 bits per heavy atom. The molecule has 0 aromatic heterocycles. The zero-order valence-corrected chi connectivity index (χ0v) is 15.0. The van der Waals surface area contributed by atoms with Gasteiger partial charge in [-0.05, 0) is 33.6 Å². The van der Waals surface area contributed by atoms with Gasteiger partial charge in [-0.15, -0.1) is 0 Å². The van der Waals surface area contributed by atoms with E-state index < -0.39 is 7.14 Å². The van der Waals surface area contributed by atoms with Crippen LogP contribution in [-0.4, -0.2) is 44.8 Å². The van der Waals surface area contributed by atoms with Crippen molar-refractivity contribution in [1.82, 2.24) is 10.2 Å². The zero-order chi connectivity index (χ0) is 16.5. The lowest BCUT2D eigenvalue weighted by Crippen LogP contribution is -2.27. The molecule has 0 bridgehead atoms. The predicted octanol–water partition coefficient (Wildman–Crippen LogP) is 2.54. The molecule has 2 rings (SSSR count). The Bertz CT molecular complexity index is 570. The summed E-state index contributed by atoms with van der Waals surface area (Å²) < 4.78 is 13.7. The highest BCUT2D eigenvalue weighted by Gasteiger charge is 2.26. The van der Waals surface area contributed by atoms with Crippen LogP contribution in [0, 0.1) is 0 Å². The molecule has 4 heteroatoms. The third-order valence-electron chi connectivity index (χ3n) is 3.91. The van der Waals surface area contributed by atoms with Crippen LogP contribution >= 0.6 is 7.14 Å². The van der Waals surface area contributed by atoms with Crippen LogP contribution < -0.4 is 15.9 Å². The van der Waals surface area contributed by atoms with Crippen molar-refractivity contribution < 1.29 is 4.57 Å². The lowest BCUT2D eigenvalue weighted by atomic mass is 10.4. The third-order valence-corrected chi connectivity index (χ3v) is 7.03. The van der Waals surface area contributed by atoms with E-state index in [0.717, 1.165) is 36.7 Å². The summed E-state index contributed by atoms with van der Waals surface area (Å²) in [6, 6.07) is 19.8. The highest BCUT2D eigenvalue weighted by molar-refractivity contribution is 7.78. The molecule has 0 atom stereocenters. The Kier molecular flexibility index (Phi) is 7.04. The topological polar surface area (TPSA) is 32.3 Å². The largest absolute Gasteiger partial charge is 0.316 e. The Balaban J connectivity index is 2.03. The van der Waals surface area contributed by atoms with Crippen LogP contribution in [0.3, 0.4) is 0 Å². The molecule has 0 fully saturated rings. The Morgan fingerprint density at radius 1 is 0.870 bits per heavy atom. The number of hydrogen-bond acceptors (Lipinski definition) is 3. The van der Waals surface area contributed by atoms with E-state index in [-0.39, 0.29) is 0 Å². The number of rotatable bonds is 9. The Hall–Kier alpha value is -1.41. The van der Waals surface area contributed by atoms with E-state index in [9.17, 15) is 4.57 Å². The minimum Gasteiger partial charge on any atom is -0.316 e. The van der Waals surface area contributed by atoms with Crippen molar-refractivity contribution in [2.45, 2.75) is 6.42 Å². The first-order valence-electron chi connectivity index (χ1n) is 8.19. The number of benzene rings is 2. The smallest absolute Gasteiger partial charge is 0.144 e. The number of nitrogens with one attached hydrogen (secondary N) is 1.